The summed E-state index contributed by atoms with van der Waals surface area (Å²) in [6.45, 7) is 8.09. The van der Waals surface area contributed by atoms with Crippen LogP contribution in [0.15, 0.2) is 18.2 Å². The molecular weight excluding hydrogens is 244 g/mol. The Morgan fingerprint density at radius 3 is 2.58 bits per heavy atom. The average molecular weight is 266 g/mol. The quantitative estimate of drug-likeness (QED) is 0.755. The molecule has 5 heteroatoms. The van der Waals surface area contributed by atoms with Crippen LogP contribution in [0, 0.1) is 0 Å². The Morgan fingerprint density at radius 1 is 1.37 bits per heavy atom. The van der Waals surface area contributed by atoms with E-state index >= 15 is 0 Å². The molecule has 0 saturated carbocycles. The third-order valence-electron chi connectivity index (χ3n) is 3.08. The molecule has 0 aromatic heterocycles. The van der Waals surface area contributed by atoms with Crippen LogP contribution in [-0.4, -0.2) is 49.3 Å². The Morgan fingerprint density at radius 2 is 2.05 bits per heavy atom. The number of carboxylic acid groups (broad SMARTS) is 1. The summed E-state index contributed by atoms with van der Waals surface area (Å²) in [4.78, 5) is 13.3. The molecule has 1 rings (SSSR count). The molecule has 0 atom stereocenters. The van der Waals surface area contributed by atoms with Gasteiger partial charge < -0.3 is 20.1 Å². The smallest absolute Gasteiger partial charge is 0.339 e. The number of carboxylic acids is 1. The van der Waals surface area contributed by atoms with E-state index in [0.29, 0.717) is 5.75 Å². The van der Waals surface area contributed by atoms with Crippen LogP contribution in [0.2, 0.25) is 0 Å². The maximum atomic E-state index is 11.0. The highest BCUT2D eigenvalue weighted by Crippen LogP contribution is 2.22. The van der Waals surface area contributed by atoms with Crippen molar-refractivity contribution in [3.8, 4) is 5.75 Å². The van der Waals surface area contributed by atoms with E-state index in [1.165, 1.54) is 7.11 Å². The second-order valence-electron chi connectivity index (χ2n) is 4.17. The third kappa shape index (κ3) is 4.44. The van der Waals surface area contributed by atoms with Crippen molar-refractivity contribution in [2.75, 3.05) is 38.6 Å². The highest BCUT2D eigenvalue weighted by Gasteiger charge is 2.11. The fourth-order valence-corrected chi connectivity index (χ4v) is 1.88. The van der Waals surface area contributed by atoms with Gasteiger partial charge in [0.1, 0.15) is 11.3 Å². The molecule has 0 amide bonds. The minimum absolute atomic E-state index is 0.178. The Hall–Kier alpha value is -1.75. The van der Waals surface area contributed by atoms with Crippen LogP contribution < -0.4 is 10.1 Å². The van der Waals surface area contributed by atoms with E-state index in [1.54, 1.807) is 18.2 Å². The Kier molecular flexibility index (Phi) is 6.15. The normalized spacial score (nSPS) is 10.5. The third-order valence-corrected chi connectivity index (χ3v) is 3.08. The van der Waals surface area contributed by atoms with Crippen LogP contribution in [-0.2, 0) is 0 Å². The van der Waals surface area contributed by atoms with Crippen molar-refractivity contribution in [2.45, 2.75) is 13.8 Å². The molecule has 0 aliphatic carbocycles. The van der Waals surface area contributed by atoms with Gasteiger partial charge in [-0.25, -0.2) is 4.79 Å². The van der Waals surface area contributed by atoms with Crippen molar-refractivity contribution in [2.24, 2.45) is 0 Å². The summed E-state index contributed by atoms with van der Waals surface area (Å²) in [5.41, 5.74) is 1.05. The van der Waals surface area contributed by atoms with Crippen LogP contribution in [0.3, 0.4) is 0 Å². The number of anilines is 1. The molecule has 0 saturated heterocycles. The van der Waals surface area contributed by atoms with Gasteiger partial charge in [-0.2, -0.15) is 0 Å². The first kappa shape index (κ1) is 15.3. The van der Waals surface area contributed by atoms with Gasteiger partial charge in [0.2, 0.25) is 0 Å². The van der Waals surface area contributed by atoms with Crippen molar-refractivity contribution in [1.29, 1.82) is 0 Å². The van der Waals surface area contributed by atoms with Gasteiger partial charge in [-0.3, -0.25) is 0 Å². The average Bonchev–Trinajstić information content (AvgIpc) is 2.43. The van der Waals surface area contributed by atoms with Crippen LogP contribution >= 0.6 is 0 Å². The number of hydrogen-bond donors (Lipinski definition) is 2. The maximum Gasteiger partial charge on any atom is 0.339 e. The Balaban J connectivity index is 2.62. The van der Waals surface area contributed by atoms with Crippen LogP contribution in [0.1, 0.15) is 24.2 Å². The van der Waals surface area contributed by atoms with Gasteiger partial charge in [0.05, 0.1) is 7.11 Å². The van der Waals surface area contributed by atoms with E-state index in [-0.39, 0.29) is 5.56 Å². The zero-order valence-electron chi connectivity index (χ0n) is 11.8. The number of methoxy groups -OCH3 is 1. The molecular formula is C14H22N2O3. The second-order valence-corrected chi connectivity index (χ2v) is 4.17. The molecule has 0 aliphatic heterocycles. The zero-order valence-corrected chi connectivity index (χ0v) is 11.8. The van der Waals surface area contributed by atoms with Crippen LogP contribution in [0.5, 0.6) is 5.75 Å². The Bertz CT molecular complexity index is 417. The van der Waals surface area contributed by atoms with Crippen molar-refractivity contribution in [3.63, 3.8) is 0 Å². The molecule has 0 fully saturated rings. The van der Waals surface area contributed by atoms with Crippen molar-refractivity contribution >= 4 is 11.7 Å². The van der Waals surface area contributed by atoms with Gasteiger partial charge in [0.25, 0.3) is 0 Å². The van der Waals surface area contributed by atoms with Gasteiger partial charge in [0.15, 0.2) is 0 Å². The fourth-order valence-electron chi connectivity index (χ4n) is 1.88. The first-order valence-corrected chi connectivity index (χ1v) is 6.49. The van der Waals surface area contributed by atoms with E-state index in [1.807, 2.05) is 0 Å². The summed E-state index contributed by atoms with van der Waals surface area (Å²) in [5, 5.41) is 12.3. The molecule has 0 unspecified atom stereocenters. The molecule has 0 aliphatic rings. The van der Waals surface area contributed by atoms with E-state index in [9.17, 15) is 4.79 Å². The van der Waals surface area contributed by atoms with E-state index in [2.05, 4.69) is 24.1 Å². The standard InChI is InChI=1S/C14H22N2O3/c1-4-16(5-2)9-8-15-11-6-7-12(14(17)18)13(10-11)19-3/h6-7,10,15H,4-5,8-9H2,1-3H3,(H,17,18). The second kappa shape index (κ2) is 7.63. The topological polar surface area (TPSA) is 61.8 Å². The Labute approximate surface area is 114 Å². The summed E-state index contributed by atoms with van der Waals surface area (Å²) in [5.74, 6) is -0.605. The summed E-state index contributed by atoms with van der Waals surface area (Å²) >= 11 is 0. The monoisotopic (exact) mass is 266 g/mol. The summed E-state index contributed by atoms with van der Waals surface area (Å²) < 4.78 is 5.09. The first-order chi connectivity index (χ1) is 9.12. The minimum atomic E-state index is -0.980. The largest absolute Gasteiger partial charge is 0.496 e. The van der Waals surface area contributed by atoms with Crippen LogP contribution in [0.25, 0.3) is 0 Å². The predicted octanol–water partition coefficient (Wildman–Crippen LogP) is 2.15. The number of nitrogens with one attached hydrogen (secondary N) is 1. The number of aromatic carboxylic acids is 1. The SMILES string of the molecule is CCN(CC)CCNc1ccc(C(=O)O)c(OC)c1. The molecule has 0 spiro atoms. The number of hydrogen-bond acceptors (Lipinski definition) is 4. The summed E-state index contributed by atoms with van der Waals surface area (Å²) in [6, 6.07) is 5.03. The molecule has 19 heavy (non-hydrogen) atoms. The van der Waals surface area contributed by atoms with Crippen LogP contribution in [0.4, 0.5) is 5.69 Å². The molecule has 0 bridgehead atoms. The maximum absolute atomic E-state index is 11.0. The number of ether oxygens (including phenoxy) is 1. The van der Waals surface area contributed by atoms with E-state index in [4.69, 9.17) is 9.84 Å². The van der Waals surface area contributed by atoms with Gasteiger partial charge in [0, 0.05) is 24.8 Å². The number of nitrogens with zero attached hydrogens (tertiary/aromatic N) is 1. The minimum Gasteiger partial charge on any atom is -0.496 e. The number of likely N-dealkylation sites (N-methyl/N-ethyl adjacent to an activating group) is 1. The van der Waals surface area contributed by atoms with E-state index in [0.717, 1.165) is 31.9 Å². The molecule has 5 nitrogen and oxygen atoms in total. The fraction of sp³-hybridized carbons (Fsp3) is 0.500. The predicted molar refractivity (Wildman–Crippen MR) is 76.2 cm³/mol. The van der Waals surface area contributed by atoms with Crippen molar-refractivity contribution < 1.29 is 14.6 Å². The van der Waals surface area contributed by atoms with Gasteiger partial charge in [-0.15, -0.1) is 0 Å². The zero-order chi connectivity index (χ0) is 14.3. The molecule has 0 radical (unpaired) electrons. The summed E-state index contributed by atoms with van der Waals surface area (Å²) in [7, 11) is 1.47. The molecule has 2 N–H and O–H groups in total. The molecule has 1 aromatic carbocycles. The lowest BCUT2D eigenvalue weighted by molar-refractivity contribution is 0.0693. The molecule has 1 aromatic rings. The van der Waals surface area contributed by atoms with E-state index < -0.39 is 5.97 Å². The number of rotatable bonds is 8. The summed E-state index contributed by atoms with van der Waals surface area (Å²) in [6.07, 6.45) is 0. The number of benzene rings is 1. The van der Waals surface area contributed by atoms with Crippen molar-refractivity contribution in [1.82, 2.24) is 4.90 Å². The van der Waals surface area contributed by atoms with Crippen molar-refractivity contribution in [3.05, 3.63) is 23.8 Å². The molecule has 106 valence electrons. The highest BCUT2D eigenvalue weighted by atomic mass is 16.5. The van der Waals surface area contributed by atoms with Gasteiger partial charge in [-0.1, -0.05) is 13.8 Å². The highest BCUT2D eigenvalue weighted by molar-refractivity contribution is 5.91. The van der Waals surface area contributed by atoms with Gasteiger partial charge >= 0.3 is 5.97 Å². The lowest BCUT2D eigenvalue weighted by Gasteiger charge is -2.18. The number of carbonyl (C=O) groups is 1. The lowest BCUT2D eigenvalue weighted by atomic mass is 10.2. The molecule has 0 heterocycles. The lowest BCUT2D eigenvalue weighted by Crippen LogP contribution is -2.28. The van der Waals surface area contributed by atoms with Gasteiger partial charge in [-0.05, 0) is 25.2 Å². The first-order valence-electron chi connectivity index (χ1n) is 6.49.